The van der Waals surface area contributed by atoms with Crippen LogP contribution in [0.4, 0.5) is 0 Å². The van der Waals surface area contributed by atoms with Crippen LogP contribution in [0.25, 0.3) is 0 Å². The lowest BCUT2D eigenvalue weighted by Crippen LogP contribution is -2.59. The molecule has 15 heteroatoms. The molecular weight excluding hydrogens is 582 g/mol. The molecule has 1 aliphatic carbocycles. The van der Waals surface area contributed by atoms with E-state index < -0.39 is 47.3 Å². The largest absolute Gasteiger partial charge is 0.492 e. The summed E-state index contributed by atoms with van der Waals surface area (Å²) in [4.78, 5) is 67.1. The topological polar surface area (TPSA) is 198 Å². The van der Waals surface area contributed by atoms with Crippen LogP contribution in [-0.4, -0.2) is 86.6 Å². The van der Waals surface area contributed by atoms with Crippen LogP contribution in [0.1, 0.15) is 30.9 Å². The highest BCUT2D eigenvalue weighted by molar-refractivity contribution is 5.98. The van der Waals surface area contributed by atoms with Crippen molar-refractivity contribution in [3.05, 3.63) is 72.1 Å². The van der Waals surface area contributed by atoms with Crippen LogP contribution in [0.15, 0.2) is 60.9 Å². The lowest BCUT2D eigenvalue weighted by Gasteiger charge is -2.25. The number of amides is 5. The van der Waals surface area contributed by atoms with Crippen LogP contribution >= 0.6 is 0 Å². The van der Waals surface area contributed by atoms with E-state index in [1.165, 1.54) is 13.3 Å². The minimum atomic E-state index is -1.07. The molecule has 3 heterocycles. The molecule has 1 aromatic heterocycles. The Morgan fingerprint density at radius 2 is 1.76 bits per heavy atom. The lowest BCUT2D eigenvalue weighted by atomic mass is 10.0. The second kappa shape index (κ2) is 14.0. The second-order valence-corrected chi connectivity index (χ2v) is 11.1. The monoisotopic (exact) mass is 617 g/mol. The molecule has 3 aliphatic rings. The average molecular weight is 618 g/mol. The Labute approximate surface area is 258 Å². The normalized spacial score (nSPS) is 22.3. The minimum Gasteiger partial charge on any atom is -0.492 e. The van der Waals surface area contributed by atoms with Gasteiger partial charge in [0.05, 0.1) is 6.54 Å². The van der Waals surface area contributed by atoms with Gasteiger partial charge in [0, 0.05) is 12.8 Å². The maximum Gasteiger partial charge on any atom is 0.245 e. The summed E-state index contributed by atoms with van der Waals surface area (Å²) in [7, 11) is 0. The number of fused-ring (bicyclic) bond motifs is 15. The molecule has 0 radical (unpaired) electrons. The number of ether oxygens (including phenoxy) is 1. The first-order chi connectivity index (χ1) is 21.7. The van der Waals surface area contributed by atoms with Gasteiger partial charge in [-0.15, -0.1) is 10.2 Å². The highest BCUT2D eigenvalue weighted by Crippen LogP contribution is 2.35. The van der Waals surface area contributed by atoms with E-state index in [-0.39, 0.29) is 38.4 Å². The molecule has 6 rings (SSSR count). The highest BCUT2D eigenvalue weighted by Gasteiger charge is 2.51. The molecule has 3 atom stereocenters. The van der Waals surface area contributed by atoms with Crippen LogP contribution in [0.2, 0.25) is 0 Å². The summed E-state index contributed by atoms with van der Waals surface area (Å²) in [6, 6.07) is 13.0. The third-order valence-corrected chi connectivity index (χ3v) is 7.56. The van der Waals surface area contributed by atoms with Gasteiger partial charge < -0.3 is 31.3 Å². The summed E-state index contributed by atoms with van der Waals surface area (Å²) < 4.78 is 5.76. The summed E-state index contributed by atoms with van der Waals surface area (Å²) in [5.74, 6) is -2.03. The van der Waals surface area contributed by atoms with Crippen molar-refractivity contribution in [1.82, 2.24) is 46.8 Å². The summed E-state index contributed by atoms with van der Waals surface area (Å²) in [6.45, 7) is 1.63. The van der Waals surface area contributed by atoms with Crippen molar-refractivity contribution in [2.24, 2.45) is 0 Å². The fourth-order valence-electron chi connectivity index (χ4n) is 4.89. The van der Waals surface area contributed by atoms with E-state index in [4.69, 9.17) is 4.74 Å². The van der Waals surface area contributed by atoms with Gasteiger partial charge in [-0.2, -0.15) is 4.80 Å². The standard InChI is InChI=1S/C30H35N9O6/c1-19-26(41)36-24(15-20-5-3-2-4-6-20)28(43)37-30(11-12-30)29(44)31-13-14-45-22-9-7-21(8-10-22)16-23(27(42)34-19)35-25(40)17-39-33-18-32-38-39/h2-10,18-19,23-24H,11-17H2,1H3,(H,31,44)(H,34,42)(H,35,40)(H,36,41)(H,37,43)/t19-,23-,24+/m0/s1. The predicted molar refractivity (Wildman–Crippen MR) is 158 cm³/mol. The van der Waals surface area contributed by atoms with E-state index in [2.05, 4.69) is 42.0 Å². The fraction of sp³-hybridized carbons (Fsp3) is 0.400. The van der Waals surface area contributed by atoms with E-state index in [9.17, 15) is 24.0 Å². The number of carbonyl (C=O) groups excluding carboxylic acids is 5. The van der Waals surface area contributed by atoms with E-state index in [0.717, 1.165) is 15.9 Å². The molecule has 2 bridgehead atoms. The number of benzene rings is 2. The highest BCUT2D eigenvalue weighted by atomic mass is 16.5. The molecule has 2 aromatic carbocycles. The number of nitrogens with one attached hydrogen (secondary N) is 5. The first kappa shape index (κ1) is 31.1. The third-order valence-electron chi connectivity index (χ3n) is 7.56. The molecule has 1 saturated carbocycles. The zero-order chi connectivity index (χ0) is 31.8. The molecular formula is C30H35N9O6. The third kappa shape index (κ3) is 8.40. The Hall–Kier alpha value is -5.34. The van der Waals surface area contributed by atoms with Gasteiger partial charge in [0.2, 0.25) is 29.5 Å². The van der Waals surface area contributed by atoms with Crippen LogP contribution in [0, 0.1) is 0 Å². The number of tetrazole rings is 1. The Morgan fingerprint density at radius 1 is 1.00 bits per heavy atom. The van der Waals surface area contributed by atoms with Crippen LogP contribution in [0.5, 0.6) is 5.75 Å². The molecule has 45 heavy (non-hydrogen) atoms. The number of aromatic nitrogens is 4. The number of nitrogens with zero attached hydrogens (tertiary/aromatic N) is 4. The zero-order valence-electron chi connectivity index (χ0n) is 24.7. The number of hydrogen-bond acceptors (Lipinski definition) is 9. The molecule has 1 fully saturated rings. The molecule has 2 aliphatic heterocycles. The van der Waals surface area contributed by atoms with E-state index >= 15 is 0 Å². The number of rotatable bonds is 5. The smallest absolute Gasteiger partial charge is 0.245 e. The van der Waals surface area contributed by atoms with E-state index in [1.807, 2.05) is 30.3 Å². The van der Waals surface area contributed by atoms with Gasteiger partial charge in [-0.05, 0) is 48.2 Å². The molecule has 5 N–H and O–H groups in total. The lowest BCUT2D eigenvalue weighted by molar-refractivity contribution is -0.134. The average Bonchev–Trinajstić information content (AvgIpc) is 3.63. The predicted octanol–water partition coefficient (Wildman–Crippen LogP) is -1.21. The van der Waals surface area contributed by atoms with Crippen molar-refractivity contribution in [3.63, 3.8) is 0 Å². The van der Waals surface area contributed by atoms with E-state index in [0.29, 0.717) is 18.6 Å². The SMILES string of the molecule is C[C@@H]1NC(=O)[C@@H](NC(=O)Cn2ncnn2)Cc2ccc(cc2)OCCNC(=O)C2(CC2)NC(=O)[C@@H](Cc2ccccc2)NC1=O. The molecule has 15 nitrogen and oxygen atoms in total. The van der Waals surface area contributed by atoms with Gasteiger partial charge in [0.15, 0.2) is 6.33 Å². The van der Waals surface area contributed by atoms with Gasteiger partial charge in [-0.25, -0.2) is 0 Å². The number of carbonyl (C=O) groups is 5. The van der Waals surface area contributed by atoms with Gasteiger partial charge >= 0.3 is 0 Å². The zero-order valence-corrected chi connectivity index (χ0v) is 24.7. The van der Waals surface area contributed by atoms with Crippen LogP contribution < -0.4 is 31.3 Å². The van der Waals surface area contributed by atoms with E-state index in [1.54, 1.807) is 24.3 Å². The van der Waals surface area contributed by atoms with Crippen molar-refractivity contribution in [3.8, 4) is 5.75 Å². The molecule has 3 aromatic rings. The number of hydrogen-bond donors (Lipinski definition) is 5. The van der Waals surface area contributed by atoms with Crippen LogP contribution in [-0.2, 0) is 43.4 Å². The Morgan fingerprint density at radius 3 is 2.44 bits per heavy atom. The summed E-state index contributed by atoms with van der Waals surface area (Å²) in [5.41, 5.74) is 0.453. The fourth-order valence-corrected chi connectivity index (χ4v) is 4.89. The second-order valence-electron chi connectivity index (χ2n) is 11.1. The van der Waals surface area contributed by atoms with Crippen molar-refractivity contribution >= 4 is 29.5 Å². The summed E-state index contributed by atoms with van der Waals surface area (Å²) in [5, 5.41) is 24.8. The summed E-state index contributed by atoms with van der Waals surface area (Å²) in [6.07, 6.45) is 2.38. The van der Waals surface area contributed by atoms with Gasteiger partial charge in [-0.3, -0.25) is 24.0 Å². The first-order valence-corrected chi connectivity index (χ1v) is 14.7. The Bertz CT molecular complexity index is 1510. The van der Waals surface area contributed by atoms with Gasteiger partial charge in [0.1, 0.15) is 42.6 Å². The minimum absolute atomic E-state index is 0.105. The molecule has 1 spiro atoms. The van der Waals surface area contributed by atoms with Crippen molar-refractivity contribution < 1.29 is 28.7 Å². The quantitative estimate of drug-likeness (QED) is 0.218. The first-order valence-electron chi connectivity index (χ1n) is 14.7. The molecule has 0 saturated heterocycles. The molecule has 0 unspecified atom stereocenters. The van der Waals surface area contributed by atoms with Gasteiger partial charge in [-0.1, -0.05) is 42.5 Å². The maximum atomic E-state index is 13.5. The van der Waals surface area contributed by atoms with Crippen molar-refractivity contribution in [2.45, 2.75) is 62.8 Å². The van der Waals surface area contributed by atoms with Crippen molar-refractivity contribution in [2.75, 3.05) is 13.2 Å². The summed E-state index contributed by atoms with van der Waals surface area (Å²) >= 11 is 0. The molecule has 5 amide bonds. The molecule has 236 valence electrons. The Balaban J connectivity index is 1.36. The van der Waals surface area contributed by atoms with Crippen LogP contribution in [0.3, 0.4) is 0 Å². The van der Waals surface area contributed by atoms with Crippen molar-refractivity contribution in [1.29, 1.82) is 0 Å². The van der Waals surface area contributed by atoms with Gasteiger partial charge in [0.25, 0.3) is 0 Å². The Kier molecular flexibility index (Phi) is 9.65. The maximum absolute atomic E-state index is 13.5.